The van der Waals surface area contributed by atoms with Crippen LogP contribution in [0.2, 0.25) is 0 Å². The van der Waals surface area contributed by atoms with Crippen LogP contribution >= 0.6 is 10.7 Å². The van der Waals surface area contributed by atoms with E-state index in [2.05, 4.69) is 0 Å². The van der Waals surface area contributed by atoms with Crippen molar-refractivity contribution >= 4 is 25.5 Å². The van der Waals surface area contributed by atoms with Gasteiger partial charge < -0.3 is 0 Å². The van der Waals surface area contributed by atoms with Gasteiger partial charge in [-0.15, -0.1) is 0 Å². The molecule has 0 aromatic carbocycles. The van der Waals surface area contributed by atoms with Gasteiger partial charge in [-0.1, -0.05) is 0 Å². The number of hydrogen-bond acceptors (Lipinski definition) is 3. The summed E-state index contributed by atoms with van der Waals surface area (Å²) in [5.41, 5.74) is -0.555. The monoisotopic (exact) mass is 208 g/mol. The highest BCUT2D eigenvalue weighted by Crippen LogP contribution is 2.59. The molecule has 0 aliphatic heterocycles. The topological polar surface area (TPSA) is 51.2 Å². The van der Waals surface area contributed by atoms with Crippen molar-refractivity contribution in [1.82, 2.24) is 0 Å². The Kier molecular flexibility index (Phi) is 1.58. The molecule has 2 atom stereocenters. The van der Waals surface area contributed by atoms with Gasteiger partial charge in [-0.2, -0.15) is 0 Å². The highest BCUT2D eigenvalue weighted by molar-refractivity contribution is 8.13. The summed E-state index contributed by atoms with van der Waals surface area (Å²) in [6.07, 6.45) is 2.26. The first-order valence-corrected chi connectivity index (χ1v) is 6.37. The molecule has 0 N–H and O–H groups in total. The Hall–Kier alpha value is -0.0900. The van der Waals surface area contributed by atoms with E-state index in [0.29, 0.717) is 18.8 Å². The van der Waals surface area contributed by atoms with Gasteiger partial charge in [0.25, 0.3) is 0 Å². The van der Waals surface area contributed by atoms with Crippen molar-refractivity contribution in [2.45, 2.75) is 19.3 Å². The molecular weight excluding hydrogens is 200 g/mol. The van der Waals surface area contributed by atoms with E-state index < -0.39 is 14.5 Å². The summed E-state index contributed by atoms with van der Waals surface area (Å²) in [5, 5.41) is 0. The van der Waals surface area contributed by atoms with Crippen molar-refractivity contribution in [2.24, 2.45) is 11.3 Å². The lowest BCUT2D eigenvalue weighted by atomic mass is 9.48. The van der Waals surface area contributed by atoms with E-state index in [-0.39, 0.29) is 11.5 Å². The summed E-state index contributed by atoms with van der Waals surface area (Å²) >= 11 is 0. The van der Waals surface area contributed by atoms with E-state index in [0.717, 1.165) is 6.42 Å². The van der Waals surface area contributed by atoms with Crippen LogP contribution in [0, 0.1) is 11.3 Å². The predicted octanol–water partition coefficient (Wildman–Crippen LogP) is 0.924. The minimum Gasteiger partial charge on any atom is -0.299 e. The van der Waals surface area contributed by atoms with E-state index in [4.69, 9.17) is 10.7 Å². The van der Waals surface area contributed by atoms with E-state index >= 15 is 0 Å². The maximum atomic E-state index is 11.2. The largest absolute Gasteiger partial charge is 0.299 e. The Morgan fingerprint density at radius 2 is 2.25 bits per heavy atom. The number of hydrogen-bond donors (Lipinski definition) is 0. The van der Waals surface area contributed by atoms with Gasteiger partial charge in [0.1, 0.15) is 5.78 Å². The first kappa shape index (κ1) is 8.51. The molecule has 0 saturated heterocycles. The molecule has 0 spiro atoms. The zero-order valence-corrected chi connectivity index (χ0v) is 7.99. The predicted molar refractivity (Wildman–Crippen MR) is 44.4 cm³/mol. The molecule has 0 heterocycles. The molecule has 12 heavy (non-hydrogen) atoms. The fourth-order valence-electron chi connectivity index (χ4n) is 2.24. The maximum Gasteiger partial charge on any atom is 0.233 e. The molecule has 2 aliphatic rings. The van der Waals surface area contributed by atoms with Crippen molar-refractivity contribution in [1.29, 1.82) is 0 Å². The quantitative estimate of drug-likeness (QED) is 0.635. The minimum atomic E-state index is -3.51. The average molecular weight is 209 g/mol. The third kappa shape index (κ3) is 1.01. The highest BCUT2D eigenvalue weighted by atomic mass is 35.7. The standard InChI is InChI=1S/C7H9ClO3S/c8-12(10,11)4-7-2-1-5(7)3-6(7)9/h5H,1-4H2/t5-,7?/m0/s1. The van der Waals surface area contributed by atoms with Gasteiger partial charge in [0.2, 0.25) is 9.05 Å². The smallest absolute Gasteiger partial charge is 0.233 e. The molecular formula is C7H9ClO3S. The summed E-state index contributed by atoms with van der Waals surface area (Å²) in [6, 6.07) is 0. The molecule has 5 heteroatoms. The number of carbonyl (C=O) groups is 1. The number of carbonyl (C=O) groups excluding carboxylic acids is 1. The molecule has 2 saturated carbocycles. The van der Waals surface area contributed by atoms with Gasteiger partial charge in [0.15, 0.2) is 0 Å². The summed E-state index contributed by atoms with van der Waals surface area (Å²) < 4.78 is 21.6. The number of rotatable bonds is 2. The Morgan fingerprint density at radius 3 is 2.42 bits per heavy atom. The number of fused-ring (bicyclic) bond motifs is 1. The molecule has 0 radical (unpaired) electrons. The van der Waals surface area contributed by atoms with E-state index in [1.807, 2.05) is 0 Å². The van der Waals surface area contributed by atoms with Gasteiger partial charge in [-0.3, -0.25) is 4.79 Å². The summed E-state index contributed by atoms with van der Waals surface area (Å²) in [5.74, 6) is 0.243. The number of ketones is 1. The average Bonchev–Trinajstić information content (AvgIpc) is 1.92. The molecule has 0 bridgehead atoms. The molecule has 0 aromatic rings. The van der Waals surface area contributed by atoms with Crippen LogP contribution in [-0.4, -0.2) is 20.0 Å². The lowest BCUT2D eigenvalue weighted by molar-refractivity contribution is -0.156. The van der Waals surface area contributed by atoms with Crippen LogP contribution in [0.15, 0.2) is 0 Å². The van der Waals surface area contributed by atoms with E-state index in [1.165, 1.54) is 0 Å². The van der Waals surface area contributed by atoms with Crippen LogP contribution in [-0.2, 0) is 13.8 Å². The first-order valence-electron chi connectivity index (χ1n) is 3.90. The van der Waals surface area contributed by atoms with Crippen molar-refractivity contribution in [3.63, 3.8) is 0 Å². The van der Waals surface area contributed by atoms with Crippen LogP contribution in [0.4, 0.5) is 0 Å². The van der Waals surface area contributed by atoms with Crippen molar-refractivity contribution in [3.8, 4) is 0 Å². The third-order valence-electron chi connectivity index (χ3n) is 3.14. The van der Waals surface area contributed by atoms with Gasteiger partial charge in [-0.05, 0) is 18.8 Å². The molecule has 2 aliphatic carbocycles. The van der Waals surface area contributed by atoms with Crippen LogP contribution in [0.1, 0.15) is 19.3 Å². The third-order valence-corrected chi connectivity index (χ3v) is 4.32. The fourth-order valence-corrected chi connectivity index (χ4v) is 3.98. The van der Waals surface area contributed by atoms with Crippen molar-refractivity contribution < 1.29 is 13.2 Å². The van der Waals surface area contributed by atoms with Gasteiger partial charge in [0, 0.05) is 22.5 Å². The Labute approximate surface area is 75.5 Å². The number of Topliss-reactive ketones (excluding diaryl/α,β-unsaturated/α-hetero) is 1. The van der Waals surface area contributed by atoms with Crippen LogP contribution in [0.25, 0.3) is 0 Å². The van der Waals surface area contributed by atoms with Crippen molar-refractivity contribution in [3.05, 3.63) is 0 Å². The van der Waals surface area contributed by atoms with Gasteiger partial charge >= 0.3 is 0 Å². The maximum absolute atomic E-state index is 11.2. The molecule has 0 amide bonds. The summed E-state index contributed by atoms with van der Waals surface area (Å²) in [6.45, 7) is 0. The molecule has 2 fully saturated rings. The first-order chi connectivity index (χ1) is 5.44. The molecule has 2 rings (SSSR count). The molecule has 3 nitrogen and oxygen atoms in total. The molecule has 1 unspecified atom stereocenters. The Balaban J connectivity index is 2.18. The molecule has 0 aromatic heterocycles. The fraction of sp³-hybridized carbons (Fsp3) is 0.857. The second kappa shape index (κ2) is 2.23. The van der Waals surface area contributed by atoms with E-state index in [1.54, 1.807) is 0 Å². The molecule has 68 valence electrons. The summed E-state index contributed by atoms with van der Waals surface area (Å²) in [7, 11) is 1.61. The second-order valence-corrected chi connectivity index (χ2v) is 6.48. The van der Waals surface area contributed by atoms with Crippen LogP contribution < -0.4 is 0 Å². The second-order valence-electron chi connectivity index (χ2n) is 3.70. The zero-order chi connectivity index (χ0) is 8.98. The lowest BCUT2D eigenvalue weighted by Gasteiger charge is -2.55. The van der Waals surface area contributed by atoms with Gasteiger partial charge in [-0.25, -0.2) is 8.42 Å². The Morgan fingerprint density at radius 1 is 1.58 bits per heavy atom. The number of halogens is 1. The lowest BCUT2D eigenvalue weighted by Crippen LogP contribution is -2.60. The van der Waals surface area contributed by atoms with Crippen LogP contribution in [0.3, 0.4) is 0 Å². The SMILES string of the molecule is O=C1C[C@@H]2CCC12CS(=O)(=O)Cl. The van der Waals surface area contributed by atoms with Crippen LogP contribution in [0.5, 0.6) is 0 Å². The highest BCUT2D eigenvalue weighted by Gasteiger charge is 2.61. The Bertz CT molecular complexity index is 335. The minimum absolute atomic E-state index is 0.0861. The normalized spacial score (nSPS) is 39.8. The van der Waals surface area contributed by atoms with E-state index in [9.17, 15) is 13.2 Å². The van der Waals surface area contributed by atoms with Gasteiger partial charge in [0.05, 0.1) is 5.75 Å². The zero-order valence-electron chi connectivity index (χ0n) is 6.42. The summed E-state index contributed by atoms with van der Waals surface area (Å²) in [4.78, 5) is 11.2. The van der Waals surface area contributed by atoms with Crippen molar-refractivity contribution in [2.75, 3.05) is 5.75 Å².